The van der Waals surface area contributed by atoms with Crippen molar-refractivity contribution >= 4 is 22.9 Å². The van der Waals surface area contributed by atoms with Crippen LogP contribution in [0.15, 0.2) is 36.4 Å². The number of anilines is 1. The van der Waals surface area contributed by atoms with Gasteiger partial charge in [-0.3, -0.25) is 0 Å². The number of rotatable bonds is 3. The standard InChI is InChI=1S/C23H26ClNO/c1-5-6-7-20-22-16(17-12-15(24)8-11-19(17)26-20)9-10-18-21(22)14(2)13-23(3,4)25-18/h8-13,20,25H,5-7H2,1-4H3/t20-/m1/s1. The molecule has 1 N–H and O–H groups in total. The molecule has 0 aliphatic carbocycles. The predicted molar refractivity (Wildman–Crippen MR) is 111 cm³/mol. The van der Waals surface area contributed by atoms with Gasteiger partial charge in [-0.1, -0.05) is 37.1 Å². The summed E-state index contributed by atoms with van der Waals surface area (Å²) < 4.78 is 6.47. The average molecular weight is 368 g/mol. The van der Waals surface area contributed by atoms with E-state index in [4.69, 9.17) is 16.3 Å². The zero-order chi connectivity index (χ0) is 18.5. The van der Waals surface area contributed by atoms with Crippen LogP contribution < -0.4 is 10.1 Å². The molecule has 4 rings (SSSR count). The fourth-order valence-corrected chi connectivity index (χ4v) is 4.51. The molecule has 0 aromatic heterocycles. The Bertz CT molecular complexity index is 897. The smallest absolute Gasteiger partial charge is 0.128 e. The third kappa shape index (κ3) is 2.91. The number of allylic oxidation sites excluding steroid dienone is 1. The Kier molecular flexibility index (Phi) is 4.27. The Balaban J connectivity index is 1.95. The molecule has 2 aliphatic heterocycles. The lowest BCUT2D eigenvalue weighted by atomic mass is 9.81. The van der Waals surface area contributed by atoms with Crippen molar-refractivity contribution in [3.63, 3.8) is 0 Å². The van der Waals surface area contributed by atoms with Crippen molar-refractivity contribution in [2.45, 2.75) is 58.6 Å². The van der Waals surface area contributed by atoms with E-state index in [0.717, 1.165) is 35.6 Å². The molecule has 2 aromatic carbocycles. The van der Waals surface area contributed by atoms with E-state index in [1.54, 1.807) is 0 Å². The van der Waals surface area contributed by atoms with E-state index < -0.39 is 0 Å². The average Bonchev–Trinajstić information content (AvgIpc) is 2.58. The normalized spacial score (nSPS) is 19.4. The highest BCUT2D eigenvalue weighted by Gasteiger charge is 2.33. The number of hydrogen-bond acceptors (Lipinski definition) is 2. The van der Waals surface area contributed by atoms with Crippen LogP contribution in [0.2, 0.25) is 5.02 Å². The van der Waals surface area contributed by atoms with Crippen LogP contribution in [-0.4, -0.2) is 5.54 Å². The minimum absolute atomic E-state index is 0.0407. The first-order chi connectivity index (χ1) is 12.4. The molecule has 0 spiro atoms. The molecule has 2 aliphatic rings. The SMILES string of the molecule is CCCC[C@H]1Oc2ccc(Cl)cc2-c2ccc3c(c21)C(C)=CC(C)(C)N3. The third-order valence-electron chi connectivity index (χ3n) is 5.32. The molecular weight excluding hydrogens is 342 g/mol. The molecule has 2 heterocycles. The van der Waals surface area contributed by atoms with Gasteiger partial charge in [0.1, 0.15) is 11.9 Å². The molecule has 2 aromatic rings. The molecular formula is C23H26ClNO. The second-order valence-electron chi connectivity index (χ2n) is 8.01. The lowest BCUT2D eigenvalue weighted by molar-refractivity contribution is 0.188. The van der Waals surface area contributed by atoms with Gasteiger partial charge in [-0.2, -0.15) is 0 Å². The molecule has 2 nitrogen and oxygen atoms in total. The van der Waals surface area contributed by atoms with Crippen molar-refractivity contribution < 1.29 is 4.74 Å². The van der Waals surface area contributed by atoms with Crippen LogP contribution in [0.5, 0.6) is 5.75 Å². The van der Waals surface area contributed by atoms with Crippen molar-refractivity contribution in [3.8, 4) is 16.9 Å². The van der Waals surface area contributed by atoms with Crippen LogP contribution in [0.3, 0.4) is 0 Å². The van der Waals surface area contributed by atoms with Gasteiger partial charge in [-0.05, 0) is 69.0 Å². The Morgan fingerprint density at radius 3 is 2.73 bits per heavy atom. The van der Waals surface area contributed by atoms with E-state index in [1.165, 1.54) is 28.0 Å². The highest BCUT2D eigenvalue weighted by molar-refractivity contribution is 6.31. The zero-order valence-electron chi connectivity index (χ0n) is 15.9. The lowest BCUT2D eigenvalue weighted by Gasteiger charge is -2.37. The first-order valence-corrected chi connectivity index (χ1v) is 9.89. The molecule has 1 atom stereocenters. The first-order valence-electron chi connectivity index (χ1n) is 9.51. The summed E-state index contributed by atoms with van der Waals surface area (Å²) in [7, 11) is 0. The summed E-state index contributed by atoms with van der Waals surface area (Å²) in [6, 6.07) is 10.4. The van der Waals surface area contributed by atoms with Gasteiger partial charge in [0.15, 0.2) is 0 Å². The minimum atomic E-state index is -0.0407. The second kappa shape index (κ2) is 6.35. The lowest BCUT2D eigenvalue weighted by Crippen LogP contribution is -2.32. The van der Waals surface area contributed by atoms with E-state index in [1.807, 2.05) is 18.2 Å². The molecule has 26 heavy (non-hydrogen) atoms. The van der Waals surface area contributed by atoms with Gasteiger partial charge in [-0.15, -0.1) is 0 Å². The van der Waals surface area contributed by atoms with Gasteiger partial charge in [0.25, 0.3) is 0 Å². The number of hydrogen-bond donors (Lipinski definition) is 1. The van der Waals surface area contributed by atoms with Crippen LogP contribution in [0.1, 0.15) is 64.2 Å². The Morgan fingerprint density at radius 2 is 1.96 bits per heavy atom. The number of unbranched alkanes of at least 4 members (excludes halogenated alkanes) is 1. The topological polar surface area (TPSA) is 21.3 Å². The third-order valence-corrected chi connectivity index (χ3v) is 5.55. The Labute approximate surface area is 161 Å². The molecule has 0 saturated carbocycles. The number of ether oxygens (including phenoxy) is 1. The van der Waals surface area contributed by atoms with Gasteiger partial charge in [0.2, 0.25) is 0 Å². The Hall–Kier alpha value is -1.93. The molecule has 0 saturated heterocycles. The molecule has 136 valence electrons. The van der Waals surface area contributed by atoms with Crippen molar-refractivity contribution in [3.05, 3.63) is 52.6 Å². The van der Waals surface area contributed by atoms with E-state index in [0.29, 0.717) is 0 Å². The molecule has 0 unspecified atom stereocenters. The summed E-state index contributed by atoms with van der Waals surface area (Å²) in [5.74, 6) is 0.939. The fraction of sp³-hybridized carbons (Fsp3) is 0.391. The fourth-order valence-electron chi connectivity index (χ4n) is 4.33. The molecule has 0 amide bonds. The van der Waals surface area contributed by atoms with Crippen LogP contribution in [0.4, 0.5) is 5.69 Å². The van der Waals surface area contributed by atoms with E-state index in [-0.39, 0.29) is 11.6 Å². The van der Waals surface area contributed by atoms with Crippen LogP contribution in [0.25, 0.3) is 16.7 Å². The second-order valence-corrected chi connectivity index (χ2v) is 8.45. The number of nitrogens with one attached hydrogen (secondary N) is 1. The highest BCUT2D eigenvalue weighted by atomic mass is 35.5. The zero-order valence-corrected chi connectivity index (χ0v) is 16.7. The van der Waals surface area contributed by atoms with Crippen molar-refractivity contribution in [1.82, 2.24) is 0 Å². The predicted octanol–water partition coefficient (Wildman–Crippen LogP) is 7.24. The quantitative estimate of drug-likeness (QED) is 0.617. The maximum Gasteiger partial charge on any atom is 0.128 e. The van der Waals surface area contributed by atoms with E-state index >= 15 is 0 Å². The van der Waals surface area contributed by atoms with Crippen LogP contribution in [0, 0.1) is 0 Å². The van der Waals surface area contributed by atoms with Gasteiger partial charge in [0.05, 0.1) is 5.54 Å². The van der Waals surface area contributed by atoms with Gasteiger partial charge in [-0.25, -0.2) is 0 Å². The summed E-state index contributed by atoms with van der Waals surface area (Å²) in [6.45, 7) is 8.86. The minimum Gasteiger partial charge on any atom is -0.485 e. The first kappa shape index (κ1) is 17.5. The summed E-state index contributed by atoms with van der Waals surface area (Å²) >= 11 is 6.29. The van der Waals surface area contributed by atoms with Gasteiger partial charge >= 0.3 is 0 Å². The summed E-state index contributed by atoms with van der Waals surface area (Å²) in [5, 5.41) is 4.42. The molecule has 0 bridgehead atoms. The molecule has 3 heteroatoms. The maximum absolute atomic E-state index is 6.47. The van der Waals surface area contributed by atoms with Crippen molar-refractivity contribution in [2.75, 3.05) is 5.32 Å². The molecule has 0 fully saturated rings. The summed E-state index contributed by atoms with van der Waals surface area (Å²) in [4.78, 5) is 0. The maximum atomic E-state index is 6.47. The van der Waals surface area contributed by atoms with E-state index in [9.17, 15) is 0 Å². The van der Waals surface area contributed by atoms with E-state index in [2.05, 4.69) is 51.2 Å². The van der Waals surface area contributed by atoms with Crippen LogP contribution in [-0.2, 0) is 0 Å². The van der Waals surface area contributed by atoms with Crippen LogP contribution >= 0.6 is 11.6 Å². The highest BCUT2D eigenvalue weighted by Crippen LogP contribution is 2.50. The Morgan fingerprint density at radius 1 is 1.15 bits per heavy atom. The molecule has 0 radical (unpaired) electrons. The number of fused-ring (bicyclic) bond motifs is 5. The summed E-state index contributed by atoms with van der Waals surface area (Å²) in [6.07, 6.45) is 5.74. The largest absolute Gasteiger partial charge is 0.485 e. The number of benzene rings is 2. The van der Waals surface area contributed by atoms with Crippen molar-refractivity contribution in [1.29, 1.82) is 0 Å². The van der Waals surface area contributed by atoms with Gasteiger partial charge < -0.3 is 10.1 Å². The van der Waals surface area contributed by atoms with Gasteiger partial charge in [0, 0.05) is 27.4 Å². The monoisotopic (exact) mass is 367 g/mol. The summed E-state index contributed by atoms with van der Waals surface area (Å²) in [5.41, 5.74) is 7.43. The van der Waals surface area contributed by atoms with Crippen molar-refractivity contribution in [2.24, 2.45) is 0 Å². The number of halogens is 1.